The van der Waals surface area contributed by atoms with E-state index in [-0.39, 0.29) is 11.3 Å². The molecule has 2 aliphatic heterocycles. The fourth-order valence-corrected chi connectivity index (χ4v) is 3.75. The molecule has 4 rings (SSSR count). The van der Waals surface area contributed by atoms with Crippen molar-refractivity contribution >= 4 is 23.5 Å². The molecular formula is C21H21F6N5O5. The Morgan fingerprint density at radius 1 is 0.946 bits per heavy atom. The summed E-state index contributed by atoms with van der Waals surface area (Å²) >= 11 is 0. The van der Waals surface area contributed by atoms with Crippen molar-refractivity contribution in [3.63, 3.8) is 0 Å². The number of anilines is 1. The zero-order chi connectivity index (χ0) is 27.9. The van der Waals surface area contributed by atoms with Crippen molar-refractivity contribution in [1.82, 2.24) is 19.9 Å². The van der Waals surface area contributed by atoms with E-state index in [1.165, 1.54) is 11.9 Å². The molecule has 0 saturated carbocycles. The Morgan fingerprint density at radius 3 is 2.00 bits per heavy atom. The highest BCUT2D eigenvalue weighted by molar-refractivity contribution is 5.96. The van der Waals surface area contributed by atoms with E-state index in [1.54, 1.807) is 18.6 Å². The van der Waals surface area contributed by atoms with Crippen molar-refractivity contribution in [3.8, 4) is 0 Å². The third kappa shape index (κ3) is 8.96. The number of hydrogen-bond acceptors (Lipinski definition) is 7. The molecule has 2 aliphatic rings. The quantitative estimate of drug-likeness (QED) is 0.567. The molecule has 37 heavy (non-hydrogen) atoms. The third-order valence-corrected chi connectivity index (χ3v) is 5.31. The van der Waals surface area contributed by atoms with Gasteiger partial charge in [0.15, 0.2) is 0 Å². The lowest BCUT2D eigenvalue weighted by Crippen LogP contribution is -2.31. The van der Waals surface area contributed by atoms with E-state index >= 15 is 0 Å². The molecule has 1 spiro atoms. The molecule has 1 unspecified atom stereocenters. The highest BCUT2D eigenvalue weighted by Gasteiger charge is 2.47. The van der Waals surface area contributed by atoms with E-state index in [4.69, 9.17) is 19.8 Å². The largest absolute Gasteiger partial charge is 0.490 e. The summed E-state index contributed by atoms with van der Waals surface area (Å²) in [5, 5.41) is 14.2. The van der Waals surface area contributed by atoms with Crippen molar-refractivity contribution < 1.29 is 50.9 Å². The number of aliphatic carboxylic acids is 2. The van der Waals surface area contributed by atoms with E-state index in [1.807, 2.05) is 17.2 Å². The summed E-state index contributed by atoms with van der Waals surface area (Å²) in [6.45, 7) is 3.65. The van der Waals surface area contributed by atoms with Gasteiger partial charge in [0.05, 0.1) is 18.1 Å². The Morgan fingerprint density at radius 2 is 1.51 bits per heavy atom. The first-order chi connectivity index (χ1) is 17.1. The Balaban J connectivity index is 0.000000286. The van der Waals surface area contributed by atoms with E-state index in [9.17, 15) is 31.1 Å². The molecule has 2 saturated heterocycles. The van der Waals surface area contributed by atoms with Crippen molar-refractivity contribution in [1.29, 1.82) is 0 Å². The van der Waals surface area contributed by atoms with Crippen LogP contribution in [0.5, 0.6) is 0 Å². The number of carbonyl (C=O) groups excluding carboxylic acids is 1. The lowest BCUT2D eigenvalue weighted by Gasteiger charge is -2.24. The van der Waals surface area contributed by atoms with Crippen LogP contribution in [0.1, 0.15) is 18.4 Å². The van der Waals surface area contributed by atoms with Crippen LogP contribution in [0, 0.1) is 5.41 Å². The summed E-state index contributed by atoms with van der Waals surface area (Å²) in [6.07, 6.45) is 0.140. The van der Waals surface area contributed by atoms with Crippen LogP contribution in [0.15, 0.2) is 43.2 Å². The van der Waals surface area contributed by atoms with Crippen LogP contribution in [-0.4, -0.2) is 79.9 Å². The van der Waals surface area contributed by atoms with E-state index in [2.05, 4.69) is 25.9 Å². The van der Waals surface area contributed by atoms with Gasteiger partial charge in [0, 0.05) is 43.9 Å². The van der Waals surface area contributed by atoms with Crippen LogP contribution < -0.4 is 4.90 Å². The zero-order valence-corrected chi connectivity index (χ0v) is 18.9. The zero-order valence-electron chi connectivity index (χ0n) is 18.9. The number of carbonyl (C=O) groups is 3. The first-order valence-electron chi connectivity index (χ1n) is 10.4. The maximum Gasteiger partial charge on any atom is 0.490 e. The third-order valence-electron chi connectivity index (χ3n) is 5.31. The van der Waals surface area contributed by atoms with Gasteiger partial charge in [-0.25, -0.2) is 19.6 Å². The molecular weight excluding hydrogens is 516 g/mol. The van der Waals surface area contributed by atoms with Crippen LogP contribution in [0.3, 0.4) is 0 Å². The second-order valence-electron chi connectivity index (χ2n) is 8.18. The number of likely N-dealkylation sites (tertiary alicyclic amines) is 1. The average molecular weight is 537 g/mol. The highest BCUT2D eigenvalue weighted by Crippen LogP contribution is 2.41. The minimum Gasteiger partial charge on any atom is -0.475 e. The van der Waals surface area contributed by atoms with Gasteiger partial charge in [0.1, 0.15) is 6.33 Å². The second-order valence-corrected chi connectivity index (χ2v) is 8.18. The summed E-state index contributed by atoms with van der Waals surface area (Å²) in [5.74, 6) is -5.33. The Bertz CT molecular complexity index is 1050. The minimum atomic E-state index is -5.08. The summed E-state index contributed by atoms with van der Waals surface area (Å²) < 4.78 is 63.5. The number of halogens is 6. The Kier molecular flexibility index (Phi) is 9.49. The SMILES string of the molecule is O=C(O)C(F)(F)F.O=C(O)C(F)(F)F.O=C1CC2(CCN(Cc3cccnc3)C2)CN1c1cncnc1. The van der Waals surface area contributed by atoms with E-state index in [0.29, 0.717) is 6.42 Å². The molecule has 2 fully saturated rings. The normalized spacial score (nSPS) is 19.6. The van der Waals surface area contributed by atoms with Crippen molar-refractivity contribution in [2.24, 2.45) is 5.41 Å². The van der Waals surface area contributed by atoms with Crippen LogP contribution >= 0.6 is 0 Å². The highest BCUT2D eigenvalue weighted by atomic mass is 19.4. The van der Waals surface area contributed by atoms with Gasteiger partial charge in [-0.2, -0.15) is 26.3 Å². The molecule has 202 valence electrons. The van der Waals surface area contributed by atoms with E-state index < -0.39 is 24.3 Å². The number of alkyl halides is 6. The van der Waals surface area contributed by atoms with Gasteiger partial charge in [-0.3, -0.25) is 14.7 Å². The summed E-state index contributed by atoms with van der Waals surface area (Å²) in [6, 6.07) is 4.07. The standard InChI is InChI=1S/C17H19N5O.2C2HF3O2/c23-16-6-17(12-22(16)15-8-19-13-20-9-15)3-5-21(11-17)10-14-2-1-4-18-7-14;2*3-2(4,5)1(6)7/h1-2,4,7-9,13H,3,5-6,10-12H2;2*(H,6,7). The number of hydrogen-bond donors (Lipinski definition) is 2. The molecule has 2 aromatic rings. The van der Waals surface area contributed by atoms with Gasteiger partial charge >= 0.3 is 24.3 Å². The minimum absolute atomic E-state index is 0.0646. The fraction of sp³-hybridized carbons (Fsp3) is 0.429. The number of amides is 1. The summed E-state index contributed by atoms with van der Waals surface area (Å²) in [7, 11) is 0. The summed E-state index contributed by atoms with van der Waals surface area (Å²) in [4.78, 5) is 46.7. The smallest absolute Gasteiger partial charge is 0.475 e. The molecule has 0 bridgehead atoms. The molecule has 0 aliphatic carbocycles. The number of aromatic nitrogens is 3. The fourth-order valence-electron chi connectivity index (χ4n) is 3.75. The molecule has 1 atom stereocenters. The van der Waals surface area contributed by atoms with Gasteiger partial charge in [-0.15, -0.1) is 0 Å². The lowest BCUT2D eigenvalue weighted by molar-refractivity contribution is -0.193. The van der Waals surface area contributed by atoms with Crippen LogP contribution in [-0.2, 0) is 20.9 Å². The molecule has 2 aromatic heterocycles. The Hall–Kier alpha value is -3.82. The van der Waals surface area contributed by atoms with Gasteiger partial charge < -0.3 is 15.1 Å². The molecule has 0 radical (unpaired) electrons. The maximum atomic E-state index is 12.4. The molecule has 16 heteroatoms. The molecule has 0 aromatic carbocycles. The van der Waals surface area contributed by atoms with Gasteiger partial charge in [-0.1, -0.05) is 6.07 Å². The van der Waals surface area contributed by atoms with Gasteiger partial charge in [-0.05, 0) is 24.6 Å². The second kappa shape index (κ2) is 11.9. The van der Waals surface area contributed by atoms with E-state index in [0.717, 1.165) is 38.3 Å². The molecule has 1 amide bonds. The predicted molar refractivity (Wildman–Crippen MR) is 113 cm³/mol. The monoisotopic (exact) mass is 537 g/mol. The predicted octanol–water partition coefficient (Wildman–Crippen LogP) is 2.77. The van der Waals surface area contributed by atoms with Crippen molar-refractivity contribution in [2.45, 2.75) is 31.7 Å². The first kappa shape index (κ1) is 29.4. The Labute approximate surface area is 205 Å². The average Bonchev–Trinajstić information content (AvgIpc) is 3.36. The first-order valence-corrected chi connectivity index (χ1v) is 10.4. The van der Waals surface area contributed by atoms with Gasteiger partial charge in [0.25, 0.3) is 0 Å². The number of pyridine rings is 1. The van der Waals surface area contributed by atoms with Crippen molar-refractivity contribution in [2.75, 3.05) is 24.5 Å². The number of carboxylic acids is 2. The number of nitrogens with zero attached hydrogens (tertiary/aromatic N) is 5. The molecule has 2 N–H and O–H groups in total. The lowest BCUT2D eigenvalue weighted by atomic mass is 9.86. The maximum absolute atomic E-state index is 12.4. The summed E-state index contributed by atoms with van der Waals surface area (Å²) in [5.41, 5.74) is 2.09. The number of carboxylic acid groups (broad SMARTS) is 2. The van der Waals surface area contributed by atoms with Crippen molar-refractivity contribution in [3.05, 3.63) is 48.8 Å². The van der Waals surface area contributed by atoms with Crippen LogP contribution in [0.25, 0.3) is 0 Å². The van der Waals surface area contributed by atoms with Gasteiger partial charge in [0.2, 0.25) is 5.91 Å². The molecule has 10 nitrogen and oxygen atoms in total. The number of rotatable bonds is 3. The topological polar surface area (TPSA) is 137 Å². The van der Waals surface area contributed by atoms with Crippen LogP contribution in [0.2, 0.25) is 0 Å². The molecule has 4 heterocycles. The van der Waals surface area contributed by atoms with Crippen LogP contribution in [0.4, 0.5) is 32.0 Å².